The van der Waals surface area contributed by atoms with Gasteiger partial charge in [-0.2, -0.15) is 5.10 Å². The van der Waals surface area contributed by atoms with Crippen molar-refractivity contribution in [3.8, 4) is 0 Å². The Hall–Kier alpha value is -3.46. The standard InChI is InChI=1S/C23H26N8O/c1-13-9-31-12-20(26-22(31)14(2)25-13)27-23(32)16-4-5-19(17-11-29(3)28-21(16)17)30-7-6-18-15(10-30)8-24-18/h4-5,9,11-12,15,18,24H,6-8,10H2,1-3H3,(H,27,32). The highest BCUT2D eigenvalue weighted by Crippen LogP contribution is 2.33. The molecule has 2 aliphatic rings. The minimum atomic E-state index is -0.215. The van der Waals surface area contributed by atoms with Gasteiger partial charge < -0.3 is 19.9 Å². The average molecular weight is 431 g/mol. The van der Waals surface area contributed by atoms with E-state index in [1.165, 1.54) is 0 Å². The van der Waals surface area contributed by atoms with E-state index in [1.54, 1.807) is 4.68 Å². The molecule has 32 heavy (non-hydrogen) atoms. The van der Waals surface area contributed by atoms with Crippen LogP contribution in [0, 0.1) is 19.8 Å². The van der Waals surface area contributed by atoms with Crippen LogP contribution < -0.4 is 15.5 Å². The maximum atomic E-state index is 13.2. The Morgan fingerprint density at radius 1 is 1.19 bits per heavy atom. The lowest BCUT2D eigenvalue weighted by molar-refractivity contribution is 0.102. The van der Waals surface area contributed by atoms with E-state index in [1.807, 2.05) is 50.0 Å². The van der Waals surface area contributed by atoms with Gasteiger partial charge in [0.2, 0.25) is 0 Å². The summed E-state index contributed by atoms with van der Waals surface area (Å²) in [5.74, 6) is 0.987. The number of rotatable bonds is 3. The zero-order valence-electron chi connectivity index (χ0n) is 18.5. The summed E-state index contributed by atoms with van der Waals surface area (Å²) in [4.78, 5) is 24.6. The number of hydrogen-bond acceptors (Lipinski definition) is 6. The molecule has 5 heterocycles. The Kier molecular flexibility index (Phi) is 4.23. The normalized spacial score (nSPS) is 20.4. The zero-order valence-corrected chi connectivity index (χ0v) is 18.5. The molecule has 4 aromatic rings. The third-order valence-corrected chi connectivity index (χ3v) is 6.70. The van der Waals surface area contributed by atoms with Gasteiger partial charge in [-0.1, -0.05) is 0 Å². The van der Waals surface area contributed by atoms with Crippen molar-refractivity contribution >= 4 is 34.0 Å². The van der Waals surface area contributed by atoms with Crippen LogP contribution in [0.5, 0.6) is 0 Å². The highest BCUT2D eigenvalue weighted by Gasteiger charge is 2.36. The van der Waals surface area contributed by atoms with E-state index < -0.39 is 0 Å². The van der Waals surface area contributed by atoms with E-state index in [2.05, 4.69) is 36.7 Å². The monoisotopic (exact) mass is 430 g/mol. The number of hydrogen-bond donors (Lipinski definition) is 2. The Morgan fingerprint density at radius 2 is 2.06 bits per heavy atom. The Morgan fingerprint density at radius 3 is 2.84 bits per heavy atom. The predicted molar refractivity (Wildman–Crippen MR) is 123 cm³/mol. The van der Waals surface area contributed by atoms with Crippen LogP contribution in [0.15, 0.2) is 30.7 Å². The molecule has 0 aliphatic carbocycles. The van der Waals surface area contributed by atoms with E-state index in [0.29, 0.717) is 28.9 Å². The van der Waals surface area contributed by atoms with Crippen LogP contribution in [0.4, 0.5) is 11.5 Å². The van der Waals surface area contributed by atoms with Crippen LogP contribution in [-0.4, -0.2) is 55.7 Å². The molecule has 2 aliphatic heterocycles. The van der Waals surface area contributed by atoms with Crippen molar-refractivity contribution < 1.29 is 4.79 Å². The summed E-state index contributed by atoms with van der Waals surface area (Å²) < 4.78 is 3.68. The lowest BCUT2D eigenvalue weighted by Crippen LogP contribution is -2.61. The number of amides is 1. The van der Waals surface area contributed by atoms with Gasteiger partial charge in [0.05, 0.1) is 23.1 Å². The van der Waals surface area contributed by atoms with Crippen LogP contribution in [0.1, 0.15) is 28.2 Å². The van der Waals surface area contributed by atoms with Crippen molar-refractivity contribution in [1.29, 1.82) is 0 Å². The Labute approximate surface area is 185 Å². The van der Waals surface area contributed by atoms with Crippen molar-refractivity contribution in [3.63, 3.8) is 0 Å². The molecular weight excluding hydrogens is 404 g/mol. The molecule has 0 radical (unpaired) electrons. The van der Waals surface area contributed by atoms with Crippen LogP contribution >= 0.6 is 0 Å². The molecule has 2 saturated heterocycles. The van der Waals surface area contributed by atoms with E-state index in [0.717, 1.165) is 54.2 Å². The number of carbonyl (C=O) groups excluding carboxylic acids is 1. The first-order valence-electron chi connectivity index (χ1n) is 11.1. The minimum absolute atomic E-state index is 0.215. The lowest BCUT2D eigenvalue weighted by Gasteiger charge is -2.47. The highest BCUT2D eigenvalue weighted by atomic mass is 16.1. The second kappa shape index (κ2) is 7.03. The number of aryl methyl sites for hydroxylation is 3. The summed E-state index contributed by atoms with van der Waals surface area (Å²) in [6.45, 7) is 7.00. The topological polar surface area (TPSA) is 92.4 Å². The van der Waals surface area contributed by atoms with Crippen molar-refractivity contribution in [2.75, 3.05) is 29.9 Å². The average Bonchev–Trinajstić information content (AvgIpc) is 3.31. The Bertz CT molecular complexity index is 1370. The maximum Gasteiger partial charge on any atom is 0.259 e. The molecule has 2 atom stereocenters. The van der Waals surface area contributed by atoms with Crippen LogP contribution in [0.2, 0.25) is 0 Å². The number of aromatic nitrogens is 5. The maximum absolute atomic E-state index is 13.2. The van der Waals surface area contributed by atoms with Crippen molar-refractivity contribution in [2.24, 2.45) is 13.0 Å². The smallest absolute Gasteiger partial charge is 0.259 e. The van der Waals surface area contributed by atoms with Crippen LogP contribution in [0.25, 0.3) is 16.6 Å². The summed E-state index contributed by atoms with van der Waals surface area (Å²) in [5, 5.41) is 12.1. The second-order valence-corrected chi connectivity index (χ2v) is 8.99. The first kappa shape index (κ1) is 19.2. The molecule has 2 unspecified atom stereocenters. The highest BCUT2D eigenvalue weighted by molar-refractivity contribution is 6.13. The molecule has 1 amide bonds. The fourth-order valence-electron chi connectivity index (χ4n) is 5.08. The van der Waals surface area contributed by atoms with Gasteiger partial charge in [0, 0.05) is 62.1 Å². The van der Waals surface area contributed by atoms with Gasteiger partial charge in [-0.25, -0.2) is 4.98 Å². The van der Waals surface area contributed by atoms with Gasteiger partial charge in [0.25, 0.3) is 5.91 Å². The zero-order chi connectivity index (χ0) is 22.0. The molecule has 164 valence electrons. The van der Waals surface area contributed by atoms with Gasteiger partial charge in [-0.3, -0.25) is 14.5 Å². The number of imidazole rings is 1. The number of carbonyl (C=O) groups is 1. The molecule has 1 aromatic carbocycles. The summed E-state index contributed by atoms with van der Waals surface area (Å²) in [7, 11) is 1.90. The minimum Gasteiger partial charge on any atom is -0.370 e. The number of nitrogens with one attached hydrogen (secondary N) is 2. The largest absolute Gasteiger partial charge is 0.370 e. The number of anilines is 2. The summed E-state index contributed by atoms with van der Waals surface area (Å²) in [6, 6.07) is 4.61. The van der Waals surface area contributed by atoms with Gasteiger partial charge >= 0.3 is 0 Å². The van der Waals surface area contributed by atoms with Gasteiger partial charge in [0.1, 0.15) is 5.52 Å². The number of nitrogens with zero attached hydrogens (tertiary/aromatic N) is 6. The molecule has 3 aromatic heterocycles. The fourth-order valence-corrected chi connectivity index (χ4v) is 5.08. The Balaban J connectivity index is 1.33. The first-order chi connectivity index (χ1) is 15.5. The first-order valence-corrected chi connectivity index (χ1v) is 11.1. The number of benzene rings is 1. The predicted octanol–water partition coefficient (Wildman–Crippen LogP) is 2.28. The van der Waals surface area contributed by atoms with Crippen molar-refractivity contribution in [1.82, 2.24) is 29.5 Å². The quantitative estimate of drug-likeness (QED) is 0.518. The van der Waals surface area contributed by atoms with Gasteiger partial charge in [-0.05, 0) is 32.4 Å². The summed E-state index contributed by atoms with van der Waals surface area (Å²) >= 11 is 0. The van der Waals surface area contributed by atoms with E-state index in [4.69, 9.17) is 0 Å². The third-order valence-electron chi connectivity index (χ3n) is 6.70. The molecule has 0 spiro atoms. The summed E-state index contributed by atoms with van der Waals surface area (Å²) in [5.41, 5.74) is 4.88. The lowest BCUT2D eigenvalue weighted by atomic mass is 9.85. The van der Waals surface area contributed by atoms with Gasteiger partial charge in [-0.15, -0.1) is 0 Å². The molecule has 2 fully saturated rings. The molecule has 9 heteroatoms. The molecule has 2 N–H and O–H groups in total. The van der Waals surface area contributed by atoms with Crippen LogP contribution in [-0.2, 0) is 7.05 Å². The third kappa shape index (κ3) is 3.03. The molecule has 0 bridgehead atoms. The van der Waals surface area contributed by atoms with E-state index in [-0.39, 0.29) is 5.91 Å². The van der Waals surface area contributed by atoms with E-state index >= 15 is 0 Å². The second-order valence-electron chi connectivity index (χ2n) is 8.99. The number of fused-ring (bicyclic) bond motifs is 3. The summed E-state index contributed by atoms with van der Waals surface area (Å²) in [6.07, 6.45) is 6.87. The molecule has 0 saturated carbocycles. The molecule has 6 rings (SSSR count). The molecule has 9 nitrogen and oxygen atoms in total. The van der Waals surface area contributed by atoms with Crippen LogP contribution in [0.3, 0.4) is 0 Å². The fraction of sp³-hybridized carbons (Fsp3) is 0.391. The van der Waals surface area contributed by atoms with Crippen molar-refractivity contribution in [3.05, 3.63) is 47.7 Å². The number of piperidine rings is 1. The molecular formula is C23H26N8O. The SMILES string of the molecule is Cc1cn2cc(NC(=O)c3ccc(N4CCC5NCC5C4)c4cn(C)nc34)nc2c(C)n1. The van der Waals surface area contributed by atoms with E-state index in [9.17, 15) is 4.79 Å². The van der Waals surface area contributed by atoms with Crippen molar-refractivity contribution in [2.45, 2.75) is 26.3 Å². The van der Waals surface area contributed by atoms with Gasteiger partial charge in [0.15, 0.2) is 11.5 Å².